The summed E-state index contributed by atoms with van der Waals surface area (Å²) in [5.41, 5.74) is 6.51. The Balaban J connectivity index is 2.26. The molecule has 0 atom stereocenters. The summed E-state index contributed by atoms with van der Waals surface area (Å²) in [6, 6.07) is 2.98. The zero-order valence-corrected chi connectivity index (χ0v) is 11.9. The summed E-state index contributed by atoms with van der Waals surface area (Å²) in [6.45, 7) is 0.640. The maximum absolute atomic E-state index is 13.6. The second-order valence-corrected chi connectivity index (χ2v) is 4.90. The van der Waals surface area contributed by atoms with Gasteiger partial charge in [-0.05, 0) is 25.1 Å². The SMILES string of the molecule is COc1cc2c(cc1F)[nH]c(=S)n2CCCCC(N)=O. The fourth-order valence-corrected chi connectivity index (χ4v) is 2.41. The Morgan fingerprint density at radius 1 is 1.50 bits per heavy atom. The fraction of sp³-hybridized carbons (Fsp3) is 0.385. The summed E-state index contributed by atoms with van der Waals surface area (Å²) in [5, 5.41) is 0. The third kappa shape index (κ3) is 2.98. The molecule has 1 aromatic heterocycles. The van der Waals surface area contributed by atoms with Gasteiger partial charge >= 0.3 is 0 Å². The van der Waals surface area contributed by atoms with Gasteiger partial charge in [0.25, 0.3) is 0 Å². The number of hydrogen-bond donors (Lipinski definition) is 2. The van der Waals surface area contributed by atoms with Crippen molar-refractivity contribution in [2.45, 2.75) is 25.8 Å². The Morgan fingerprint density at radius 2 is 2.25 bits per heavy atom. The van der Waals surface area contributed by atoms with Gasteiger partial charge in [-0.15, -0.1) is 0 Å². The number of nitrogens with one attached hydrogen (secondary N) is 1. The van der Waals surface area contributed by atoms with E-state index in [1.807, 2.05) is 4.57 Å². The van der Waals surface area contributed by atoms with Crippen molar-refractivity contribution < 1.29 is 13.9 Å². The number of halogens is 1. The minimum atomic E-state index is -0.433. The van der Waals surface area contributed by atoms with Gasteiger partial charge in [-0.2, -0.15) is 0 Å². The number of primary amides is 1. The van der Waals surface area contributed by atoms with Crippen molar-refractivity contribution in [2.75, 3.05) is 7.11 Å². The molecule has 0 spiro atoms. The molecule has 5 nitrogen and oxygen atoms in total. The normalized spacial score (nSPS) is 10.9. The summed E-state index contributed by atoms with van der Waals surface area (Å²) >= 11 is 5.23. The maximum Gasteiger partial charge on any atom is 0.217 e. The number of H-pyrrole nitrogens is 1. The fourth-order valence-electron chi connectivity index (χ4n) is 2.11. The zero-order valence-electron chi connectivity index (χ0n) is 11.1. The molecule has 3 N–H and O–H groups in total. The van der Waals surface area contributed by atoms with Crippen LogP contribution in [0, 0.1) is 10.6 Å². The Morgan fingerprint density at radius 3 is 2.90 bits per heavy atom. The van der Waals surface area contributed by atoms with Gasteiger partial charge in [-0.25, -0.2) is 4.39 Å². The quantitative estimate of drug-likeness (QED) is 0.635. The minimum Gasteiger partial charge on any atom is -0.494 e. The molecule has 0 unspecified atom stereocenters. The third-order valence-electron chi connectivity index (χ3n) is 3.10. The van der Waals surface area contributed by atoms with Gasteiger partial charge < -0.3 is 20.0 Å². The van der Waals surface area contributed by atoms with Crippen LogP contribution in [0.3, 0.4) is 0 Å². The van der Waals surface area contributed by atoms with Gasteiger partial charge in [0.1, 0.15) is 0 Å². The Kier molecular flexibility index (Phi) is 4.39. The highest BCUT2D eigenvalue weighted by molar-refractivity contribution is 7.71. The highest BCUT2D eigenvalue weighted by Crippen LogP contribution is 2.24. The van der Waals surface area contributed by atoms with E-state index >= 15 is 0 Å². The predicted molar refractivity (Wildman–Crippen MR) is 76.7 cm³/mol. The van der Waals surface area contributed by atoms with Crippen LogP contribution in [0.4, 0.5) is 4.39 Å². The van der Waals surface area contributed by atoms with Crippen LogP contribution in [0.25, 0.3) is 11.0 Å². The lowest BCUT2D eigenvalue weighted by molar-refractivity contribution is -0.118. The van der Waals surface area contributed by atoms with Gasteiger partial charge in [0.05, 0.1) is 18.1 Å². The molecule has 0 saturated heterocycles. The van der Waals surface area contributed by atoms with Crippen LogP contribution in [-0.2, 0) is 11.3 Å². The van der Waals surface area contributed by atoms with Gasteiger partial charge in [-0.3, -0.25) is 4.79 Å². The van der Waals surface area contributed by atoms with Crippen LogP contribution in [0.1, 0.15) is 19.3 Å². The Bertz CT molecular complexity index is 693. The number of unbranched alkanes of at least 4 members (excludes halogenated alkanes) is 1. The van der Waals surface area contributed by atoms with Crippen molar-refractivity contribution in [3.63, 3.8) is 0 Å². The second kappa shape index (κ2) is 6.04. The smallest absolute Gasteiger partial charge is 0.217 e. The molecule has 7 heteroatoms. The zero-order chi connectivity index (χ0) is 14.7. The Hall–Kier alpha value is -1.89. The number of ether oxygens (including phenoxy) is 1. The number of nitrogens with zero attached hydrogens (tertiary/aromatic N) is 1. The molecule has 20 heavy (non-hydrogen) atoms. The standard InChI is InChI=1S/C13H16FN3O2S/c1-19-11-7-10-9(6-8(11)14)16-13(20)17(10)5-3-2-4-12(15)18/h6-7H,2-5H2,1H3,(H2,15,18)(H,16,20). The molecule has 0 aliphatic heterocycles. The highest BCUT2D eigenvalue weighted by atomic mass is 32.1. The monoisotopic (exact) mass is 297 g/mol. The van der Waals surface area contributed by atoms with E-state index in [2.05, 4.69) is 4.98 Å². The van der Waals surface area contributed by atoms with Crippen molar-refractivity contribution >= 4 is 29.2 Å². The third-order valence-corrected chi connectivity index (χ3v) is 3.43. The molecule has 1 amide bonds. The first-order valence-electron chi connectivity index (χ1n) is 6.27. The summed E-state index contributed by atoms with van der Waals surface area (Å²) in [6.07, 6.45) is 1.82. The van der Waals surface area contributed by atoms with Gasteiger partial charge in [0.15, 0.2) is 16.3 Å². The van der Waals surface area contributed by atoms with Crippen LogP contribution in [0.2, 0.25) is 0 Å². The number of methoxy groups -OCH3 is 1. The van der Waals surface area contributed by atoms with E-state index in [0.717, 1.165) is 11.9 Å². The van der Waals surface area contributed by atoms with Crippen molar-refractivity contribution in [3.05, 3.63) is 22.7 Å². The van der Waals surface area contributed by atoms with Crippen molar-refractivity contribution in [3.8, 4) is 5.75 Å². The molecule has 0 bridgehead atoms. The van der Waals surface area contributed by atoms with Crippen LogP contribution < -0.4 is 10.5 Å². The number of aryl methyl sites for hydroxylation is 1. The van der Waals surface area contributed by atoms with Gasteiger partial charge in [-0.1, -0.05) is 0 Å². The number of hydrogen-bond acceptors (Lipinski definition) is 3. The lowest BCUT2D eigenvalue weighted by Crippen LogP contribution is -2.10. The number of imidazole rings is 1. The van der Waals surface area contributed by atoms with E-state index in [4.69, 9.17) is 22.7 Å². The molecular weight excluding hydrogens is 281 g/mol. The van der Waals surface area contributed by atoms with Crippen LogP contribution in [0.15, 0.2) is 12.1 Å². The van der Waals surface area contributed by atoms with E-state index in [1.165, 1.54) is 13.2 Å². The van der Waals surface area contributed by atoms with Crippen LogP contribution in [-0.4, -0.2) is 22.6 Å². The number of aromatic amines is 1. The lowest BCUT2D eigenvalue weighted by Gasteiger charge is -2.06. The number of amides is 1. The number of carbonyl (C=O) groups excluding carboxylic acids is 1. The summed E-state index contributed by atoms with van der Waals surface area (Å²) in [5.74, 6) is -0.564. The van der Waals surface area contributed by atoms with E-state index in [9.17, 15) is 9.18 Å². The highest BCUT2D eigenvalue weighted by Gasteiger charge is 2.10. The lowest BCUT2D eigenvalue weighted by atomic mass is 10.2. The van der Waals surface area contributed by atoms with E-state index in [-0.39, 0.29) is 11.7 Å². The number of rotatable bonds is 6. The molecule has 0 radical (unpaired) electrons. The summed E-state index contributed by atoms with van der Waals surface area (Å²) < 4.78 is 21.0. The van der Waals surface area contributed by atoms with E-state index in [1.54, 1.807) is 6.07 Å². The predicted octanol–water partition coefficient (Wildman–Crippen LogP) is 2.50. The molecule has 2 aromatic rings. The molecule has 2 rings (SSSR count). The first-order valence-corrected chi connectivity index (χ1v) is 6.68. The van der Waals surface area contributed by atoms with Gasteiger partial charge in [0.2, 0.25) is 5.91 Å². The van der Waals surface area contributed by atoms with Crippen LogP contribution in [0.5, 0.6) is 5.75 Å². The number of carbonyl (C=O) groups is 1. The maximum atomic E-state index is 13.6. The molecule has 108 valence electrons. The van der Waals surface area contributed by atoms with Crippen molar-refractivity contribution in [2.24, 2.45) is 5.73 Å². The summed E-state index contributed by atoms with van der Waals surface area (Å²) in [4.78, 5) is 13.7. The molecule has 0 aliphatic carbocycles. The minimum absolute atomic E-state index is 0.178. The average Bonchev–Trinajstić information content (AvgIpc) is 2.68. The van der Waals surface area contributed by atoms with E-state index < -0.39 is 5.82 Å². The molecule has 1 heterocycles. The number of benzene rings is 1. The van der Waals surface area contributed by atoms with Crippen molar-refractivity contribution in [1.29, 1.82) is 0 Å². The molecule has 1 aromatic carbocycles. The van der Waals surface area contributed by atoms with Crippen LogP contribution >= 0.6 is 12.2 Å². The molecule has 0 aliphatic rings. The number of fused-ring (bicyclic) bond motifs is 1. The first kappa shape index (κ1) is 14.5. The number of nitrogens with two attached hydrogens (primary N) is 1. The molecular formula is C13H16FN3O2S. The Labute approximate surface area is 120 Å². The number of aromatic nitrogens is 2. The largest absolute Gasteiger partial charge is 0.494 e. The topological polar surface area (TPSA) is 73.0 Å². The van der Waals surface area contributed by atoms with Gasteiger partial charge in [0, 0.05) is 25.1 Å². The summed E-state index contributed by atoms with van der Waals surface area (Å²) in [7, 11) is 1.42. The van der Waals surface area contributed by atoms with E-state index in [0.29, 0.717) is 29.7 Å². The first-order chi connectivity index (χ1) is 9.52. The molecule has 0 fully saturated rings. The van der Waals surface area contributed by atoms with Crippen molar-refractivity contribution in [1.82, 2.24) is 9.55 Å². The second-order valence-electron chi connectivity index (χ2n) is 4.51. The average molecular weight is 297 g/mol. The molecule has 0 saturated carbocycles.